The van der Waals surface area contributed by atoms with Gasteiger partial charge < -0.3 is 0 Å². The van der Waals surface area contributed by atoms with Crippen molar-refractivity contribution in [2.75, 3.05) is 0 Å². The van der Waals surface area contributed by atoms with Gasteiger partial charge in [0.1, 0.15) is 0 Å². The highest BCUT2D eigenvalue weighted by Gasteiger charge is 2.03. The van der Waals surface area contributed by atoms with E-state index in [2.05, 4.69) is 22.6 Å². The van der Waals surface area contributed by atoms with Gasteiger partial charge in [0, 0.05) is 23.2 Å². The normalized spacial score (nSPS) is 10.8. The van der Waals surface area contributed by atoms with Gasteiger partial charge in [-0.3, -0.25) is 9.97 Å². The van der Waals surface area contributed by atoms with Crippen molar-refractivity contribution < 1.29 is 0 Å². The molecule has 0 aliphatic rings. The molecule has 16 heavy (non-hydrogen) atoms. The Hall–Kier alpha value is -2.22. The fraction of sp³-hybridized carbons (Fsp3) is 0. The highest BCUT2D eigenvalue weighted by atomic mass is 14.7. The van der Waals surface area contributed by atoms with Gasteiger partial charge in [-0.1, -0.05) is 24.8 Å². The highest BCUT2D eigenvalue weighted by molar-refractivity contribution is 6.07. The second-order valence-electron chi connectivity index (χ2n) is 3.64. The standard InChI is InChI=1S/C14H10N2/c1-2-13-12-9-16-14-6-4-3-5-11(14)10(12)7-8-15-13/h2-9H,1H2. The molecule has 0 fully saturated rings. The second-order valence-corrected chi connectivity index (χ2v) is 3.64. The van der Waals surface area contributed by atoms with Crippen LogP contribution in [0.15, 0.2) is 49.3 Å². The molecule has 1 aromatic carbocycles. The van der Waals surface area contributed by atoms with Crippen LogP contribution in [0, 0.1) is 0 Å². The Kier molecular flexibility index (Phi) is 1.93. The van der Waals surface area contributed by atoms with Crippen molar-refractivity contribution in [2.45, 2.75) is 0 Å². The van der Waals surface area contributed by atoms with Crippen molar-refractivity contribution >= 4 is 27.8 Å². The third-order valence-electron chi connectivity index (χ3n) is 2.74. The smallest absolute Gasteiger partial charge is 0.0717 e. The molecule has 0 aliphatic carbocycles. The first-order valence-electron chi connectivity index (χ1n) is 5.15. The van der Waals surface area contributed by atoms with E-state index in [1.54, 1.807) is 6.08 Å². The first kappa shape index (κ1) is 9.04. The summed E-state index contributed by atoms with van der Waals surface area (Å²) in [4.78, 5) is 8.70. The van der Waals surface area contributed by atoms with Crippen LogP contribution >= 0.6 is 0 Å². The monoisotopic (exact) mass is 206 g/mol. The Morgan fingerprint density at radius 2 is 1.81 bits per heavy atom. The average molecular weight is 206 g/mol. The second kappa shape index (κ2) is 3.42. The Bertz CT molecular complexity index is 686. The molecule has 0 unspecified atom stereocenters. The Morgan fingerprint density at radius 1 is 0.938 bits per heavy atom. The molecular weight excluding hydrogens is 196 g/mol. The molecule has 2 nitrogen and oxygen atoms in total. The summed E-state index contributed by atoms with van der Waals surface area (Å²) in [7, 11) is 0. The fourth-order valence-corrected chi connectivity index (χ4v) is 1.97. The third-order valence-corrected chi connectivity index (χ3v) is 2.74. The largest absolute Gasteiger partial charge is 0.256 e. The van der Waals surface area contributed by atoms with Crippen LogP contribution in [0.25, 0.3) is 27.8 Å². The quantitative estimate of drug-likeness (QED) is 0.570. The van der Waals surface area contributed by atoms with Crippen LogP contribution < -0.4 is 0 Å². The lowest BCUT2D eigenvalue weighted by atomic mass is 10.1. The van der Waals surface area contributed by atoms with Gasteiger partial charge >= 0.3 is 0 Å². The zero-order valence-corrected chi connectivity index (χ0v) is 8.72. The number of hydrogen-bond acceptors (Lipinski definition) is 2. The molecule has 0 aliphatic heterocycles. The molecule has 0 radical (unpaired) electrons. The zero-order valence-electron chi connectivity index (χ0n) is 8.72. The lowest BCUT2D eigenvalue weighted by Gasteiger charge is -2.04. The molecule has 0 atom stereocenters. The highest BCUT2D eigenvalue weighted by Crippen LogP contribution is 2.24. The summed E-state index contributed by atoms with van der Waals surface area (Å²) in [5.41, 5.74) is 1.90. The number of pyridine rings is 2. The minimum Gasteiger partial charge on any atom is -0.256 e. The molecule has 0 N–H and O–H groups in total. The van der Waals surface area contributed by atoms with Gasteiger partial charge in [0.05, 0.1) is 11.2 Å². The molecule has 0 saturated carbocycles. The van der Waals surface area contributed by atoms with Crippen LogP contribution in [0.2, 0.25) is 0 Å². The van der Waals surface area contributed by atoms with E-state index < -0.39 is 0 Å². The van der Waals surface area contributed by atoms with Crippen molar-refractivity contribution in [3.05, 3.63) is 55.0 Å². The molecule has 2 aromatic heterocycles. The van der Waals surface area contributed by atoms with E-state index in [4.69, 9.17) is 0 Å². The van der Waals surface area contributed by atoms with Gasteiger partial charge in [-0.25, -0.2) is 0 Å². The lowest BCUT2D eigenvalue weighted by molar-refractivity contribution is 1.32. The minimum absolute atomic E-state index is 0.885. The van der Waals surface area contributed by atoms with Crippen molar-refractivity contribution in [3.8, 4) is 0 Å². The van der Waals surface area contributed by atoms with Crippen LogP contribution in [0.3, 0.4) is 0 Å². The maximum atomic E-state index is 4.43. The van der Waals surface area contributed by atoms with Crippen LogP contribution in [0.5, 0.6) is 0 Å². The summed E-state index contributed by atoms with van der Waals surface area (Å²) in [6, 6.07) is 10.1. The van der Waals surface area contributed by atoms with Crippen molar-refractivity contribution in [1.82, 2.24) is 9.97 Å². The lowest BCUT2D eigenvalue weighted by Crippen LogP contribution is -1.86. The maximum Gasteiger partial charge on any atom is 0.0717 e. The summed E-state index contributed by atoms with van der Waals surface area (Å²) in [5.74, 6) is 0. The van der Waals surface area contributed by atoms with Gasteiger partial charge in [0.15, 0.2) is 0 Å². The number of nitrogens with zero attached hydrogens (tertiary/aromatic N) is 2. The molecule has 0 amide bonds. The van der Waals surface area contributed by atoms with Crippen molar-refractivity contribution in [1.29, 1.82) is 0 Å². The molecule has 0 bridgehead atoms. The summed E-state index contributed by atoms with van der Waals surface area (Å²) < 4.78 is 0. The molecule has 3 aromatic rings. The van der Waals surface area contributed by atoms with E-state index in [0.717, 1.165) is 22.0 Å². The molecule has 2 heterocycles. The predicted octanol–water partition coefficient (Wildman–Crippen LogP) is 3.43. The van der Waals surface area contributed by atoms with Gasteiger partial charge in [-0.15, -0.1) is 0 Å². The number of hydrogen-bond donors (Lipinski definition) is 0. The van der Waals surface area contributed by atoms with E-state index in [1.165, 1.54) is 5.39 Å². The number of fused-ring (bicyclic) bond motifs is 3. The zero-order chi connectivity index (χ0) is 11.0. The molecule has 76 valence electrons. The van der Waals surface area contributed by atoms with Gasteiger partial charge in [-0.2, -0.15) is 0 Å². The Balaban J connectivity index is 2.57. The van der Waals surface area contributed by atoms with Crippen LogP contribution in [0.4, 0.5) is 0 Å². The van der Waals surface area contributed by atoms with Crippen LogP contribution in [-0.2, 0) is 0 Å². The maximum absolute atomic E-state index is 4.43. The van der Waals surface area contributed by atoms with E-state index in [0.29, 0.717) is 0 Å². The molecule has 0 saturated heterocycles. The molecule has 2 heteroatoms. The summed E-state index contributed by atoms with van der Waals surface area (Å²) in [6.07, 6.45) is 5.44. The fourth-order valence-electron chi connectivity index (χ4n) is 1.97. The Morgan fingerprint density at radius 3 is 2.69 bits per heavy atom. The number of para-hydroxylation sites is 1. The van der Waals surface area contributed by atoms with E-state index >= 15 is 0 Å². The minimum atomic E-state index is 0.885. The van der Waals surface area contributed by atoms with Gasteiger partial charge in [-0.05, 0) is 23.6 Å². The topological polar surface area (TPSA) is 25.8 Å². The first-order valence-corrected chi connectivity index (χ1v) is 5.15. The van der Waals surface area contributed by atoms with Crippen molar-refractivity contribution in [2.24, 2.45) is 0 Å². The van der Waals surface area contributed by atoms with Crippen LogP contribution in [0.1, 0.15) is 5.69 Å². The SMILES string of the molecule is C=Cc1nccc2c1cnc1ccccc12. The summed E-state index contributed by atoms with van der Waals surface area (Å²) in [6.45, 7) is 3.77. The Labute approximate surface area is 93.3 Å². The first-order chi connectivity index (χ1) is 7.90. The number of aromatic nitrogens is 2. The number of rotatable bonds is 1. The number of benzene rings is 1. The molecular formula is C14H10N2. The average Bonchev–Trinajstić information content (AvgIpc) is 2.37. The predicted molar refractivity (Wildman–Crippen MR) is 67.1 cm³/mol. The summed E-state index contributed by atoms with van der Waals surface area (Å²) >= 11 is 0. The third kappa shape index (κ3) is 1.20. The van der Waals surface area contributed by atoms with Crippen molar-refractivity contribution in [3.63, 3.8) is 0 Å². The molecule has 3 rings (SSSR count). The van der Waals surface area contributed by atoms with E-state index in [9.17, 15) is 0 Å². The van der Waals surface area contributed by atoms with Crippen LogP contribution in [-0.4, -0.2) is 9.97 Å². The van der Waals surface area contributed by atoms with Gasteiger partial charge in [0.2, 0.25) is 0 Å². The van der Waals surface area contributed by atoms with E-state index in [1.807, 2.05) is 36.7 Å². The van der Waals surface area contributed by atoms with E-state index in [-0.39, 0.29) is 0 Å². The summed E-state index contributed by atoms with van der Waals surface area (Å²) in [5, 5.41) is 3.39. The molecule has 0 spiro atoms. The van der Waals surface area contributed by atoms with Gasteiger partial charge in [0.25, 0.3) is 0 Å².